The second-order valence-corrected chi connectivity index (χ2v) is 7.87. The summed E-state index contributed by atoms with van der Waals surface area (Å²) >= 11 is 3.27. The first-order chi connectivity index (χ1) is 10.2. The minimum absolute atomic E-state index is 0.00664. The van der Waals surface area contributed by atoms with Crippen LogP contribution in [0.4, 0.5) is 0 Å². The molecule has 0 aliphatic heterocycles. The van der Waals surface area contributed by atoms with Crippen molar-refractivity contribution in [2.24, 2.45) is 10.3 Å². The zero-order valence-corrected chi connectivity index (χ0v) is 14.9. The Bertz CT molecular complexity index is 800. The fourth-order valence-corrected chi connectivity index (χ4v) is 3.29. The molecule has 1 aromatic rings. The summed E-state index contributed by atoms with van der Waals surface area (Å²) in [6.07, 6.45) is 3.00. The number of rotatable bonds is 3. The van der Waals surface area contributed by atoms with Crippen LogP contribution in [0.1, 0.15) is 20.8 Å². The van der Waals surface area contributed by atoms with Gasteiger partial charge in [-0.05, 0) is 60.4 Å². The fourth-order valence-electron chi connectivity index (χ4n) is 2.02. The van der Waals surface area contributed by atoms with Gasteiger partial charge in [-0.15, -0.1) is 0 Å². The number of sulfonamides is 1. The van der Waals surface area contributed by atoms with Crippen molar-refractivity contribution in [2.75, 3.05) is 0 Å². The molecule has 0 fully saturated rings. The van der Waals surface area contributed by atoms with E-state index in [1.807, 2.05) is 13.8 Å². The van der Waals surface area contributed by atoms with E-state index < -0.39 is 10.0 Å². The molecule has 0 saturated carbocycles. The lowest BCUT2D eigenvalue weighted by Gasteiger charge is -2.16. The Labute approximate surface area is 138 Å². The molecule has 0 amide bonds. The number of nitrogens with zero attached hydrogens (tertiary/aromatic N) is 1. The normalized spacial score (nSPS) is 17.7. The quantitative estimate of drug-likeness (QED) is 0.749. The highest BCUT2D eigenvalue weighted by atomic mass is 79.9. The Balaban J connectivity index is 2.52. The van der Waals surface area contributed by atoms with Crippen molar-refractivity contribution in [1.29, 1.82) is 0 Å². The number of hydrogen-bond donors (Lipinski definition) is 0. The summed E-state index contributed by atoms with van der Waals surface area (Å²) in [6, 6.07) is 6.29. The van der Waals surface area contributed by atoms with E-state index in [0.717, 1.165) is 4.47 Å². The summed E-state index contributed by atoms with van der Waals surface area (Å²) in [5, 5.41) is 0. The molecule has 0 unspecified atom stereocenters. The van der Waals surface area contributed by atoms with Crippen molar-refractivity contribution in [2.45, 2.75) is 25.7 Å². The molecule has 0 aromatic heterocycles. The zero-order chi connectivity index (χ0) is 16.5. The molecule has 22 heavy (non-hydrogen) atoms. The Morgan fingerprint density at radius 2 is 1.68 bits per heavy atom. The van der Waals surface area contributed by atoms with E-state index >= 15 is 0 Å². The largest absolute Gasteiger partial charge is 0.290 e. The summed E-state index contributed by atoms with van der Waals surface area (Å²) in [5.41, 5.74) is 1.44. The van der Waals surface area contributed by atoms with Gasteiger partial charge in [-0.25, -0.2) is 0 Å². The molecule has 1 aliphatic rings. The van der Waals surface area contributed by atoms with Gasteiger partial charge in [-0.3, -0.25) is 4.79 Å². The van der Waals surface area contributed by atoms with E-state index in [2.05, 4.69) is 20.3 Å². The van der Waals surface area contributed by atoms with Crippen molar-refractivity contribution < 1.29 is 13.2 Å². The predicted octanol–water partition coefficient (Wildman–Crippen LogP) is 3.69. The SMILES string of the molecule is CC1=C/C(=N\S(=O)(=O)c2ccc(Br)cc2)C(C(C)C)=CC1=O. The number of ketones is 1. The number of halogens is 1. The molecule has 0 spiro atoms. The lowest BCUT2D eigenvalue weighted by atomic mass is 9.90. The van der Waals surface area contributed by atoms with Crippen LogP contribution in [-0.4, -0.2) is 19.9 Å². The van der Waals surface area contributed by atoms with Crippen LogP contribution < -0.4 is 0 Å². The second kappa shape index (κ2) is 6.30. The summed E-state index contributed by atoms with van der Waals surface area (Å²) in [4.78, 5) is 11.9. The first kappa shape index (κ1) is 16.8. The maximum absolute atomic E-state index is 12.4. The molecule has 4 nitrogen and oxygen atoms in total. The van der Waals surface area contributed by atoms with Crippen molar-refractivity contribution in [1.82, 2.24) is 0 Å². The molecule has 0 N–H and O–H groups in total. The third-order valence-electron chi connectivity index (χ3n) is 3.28. The van der Waals surface area contributed by atoms with Gasteiger partial charge in [0.2, 0.25) is 0 Å². The van der Waals surface area contributed by atoms with Crippen LogP contribution in [0.15, 0.2) is 61.3 Å². The van der Waals surface area contributed by atoms with E-state index in [9.17, 15) is 13.2 Å². The van der Waals surface area contributed by atoms with Crippen LogP contribution in [0, 0.1) is 5.92 Å². The van der Waals surface area contributed by atoms with E-state index in [-0.39, 0.29) is 16.6 Å². The molecule has 2 rings (SSSR count). The third-order valence-corrected chi connectivity index (χ3v) is 5.11. The lowest BCUT2D eigenvalue weighted by molar-refractivity contribution is -0.111. The van der Waals surface area contributed by atoms with Crippen molar-refractivity contribution >= 4 is 37.4 Å². The molecule has 0 heterocycles. The molecule has 0 atom stereocenters. The van der Waals surface area contributed by atoms with Crippen LogP contribution >= 0.6 is 15.9 Å². The van der Waals surface area contributed by atoms with E-state index in [1.165, 1.54) is 24.3 Å². The minimum atomic E-state index is -3.81. The first-order valence-corrected chi connectivity index (χ1v) is 8.99. The molecule has 0 bridgehead atoms. The molecule has 0 saturated heterocycles. The Morgan fingerprint density at radius 3 is 2.23 bits per heavy atom. The van der Waals surface area contributed by atoms with Gasteiger partial charge in [0.1, 0.15) is 0 Å². The Morgan fingerprint density at radius 1 is 1.09 bits per heavy atom. The van der Waals surface area contributed by atoms with Crippen molar-refractivity contribution in [3.05, 3.63) is 52.0 Å². The van der Waals surface area contributed by atoms with Crippen LogP contribution in [0.5, 0.6) is 0 Å². The maximum Gasteiger partial charge on any atom is 0.282 e. The van der Waals surface area contributed by atoms with E-state index in [0.29, 0.717) is 16.9 Å². The second-order valence-electron chi connectivity index (χ2n) is 5.35. The monoisotopic (exact) mass is 381 g/mol. The summed E-state index contributed by atoms with van der Waals surface area (Å²) in [5.74, 6) is -0.101. The van der Waals surface area contributed by atoms with Crippen molar-refractivity contribution in [3.8, 4) is 0 Å². The average molecular weight is 382 g/mol. The number of benzene rings is 1. The van der Waals surface area contributed by atoms with Crippen LogP contribution in [0.3, 0.4) is 0 Å². The number of carbonyl (C=O) groups is 1. The molecule has 1 aromatic carbocycles. The van der Waals surface area contributed by atoms with Crippen LogP contribution in [0.25, 0.3) is 0 Å². The highest BCUT2D eigenvalue weighted by Gasteiger charge is 2.22. The standard InChI is InChI=1S/C16H16BrNO3S/c1-10(2)14-9-16(19)11(3)8-15(14)18-22(20,21)13-6-4-12(17)5-7-13/h4-10H,1-3H3/b18-15+. The predicted molar refractivity (Wildman–Crippen MR) is 90.4 cm³/mol. The van der Waals surface area contributed by atoms with Gasteiger partial charge < -0.3 is 0 Å². The van der Waals surface area contributed by atoms with Gasteiger partial charge in [0.15, 0.2) is 5.78 Å². The van der Waals surface area contributed by atoms with Crippen LogP contribution in [0.2, 0.25) is 0 Å². The van der Waals surface area contributed by atoms with Gasteiger partial charge in [-0.2, -0.15) is 12.8 Å². The maximum atomic E-state index is 12.4. The zero-order valence-electron chi connectivity index (χ0n) is 12.5. The molecular weight excluding hydrogens is 366 g/mol. The number of carbonyl (C=O) groups excluding carboxylic acids is 1. The van der Waals surface area contributed by atoms with Gasteiger partial charge in [0.05, 0.1) is 10.6 Å². The van der Waals surface area contributed by atoms with Gasteiger partial charge >= 0.3 is 0 Å². The highest BCUT2D eigenvalue weighted by molar-refractivity contribution is 9.10. The average Bonchev–Trinajstić information content (AvgIpc) is 2.42. The summed E-state index contributed by atoms with van der Waals surface area (Å²) in [6.45, 7) is 5.45. The molecule has 116 valence electrons. The molecule has 6 heteroatoms. The Hall–Kier alpha value is -1.53. The fraction of sp³-hybridized carbons (Fsp3) is 0.250. The van der Waals surface area contributed by atoms with Crippen LogP contribution in [-0.2, 0) is 14.8 Å². The van der Waals surface area contributed by atoms with Gasteiger partial charge in [0.25, 0.3) is 10.0 Å². The topological polar surface area (TPSA) is 63.6 Å². The molecule has 0 radical (unpaired) electrons. The number of allylic oxidation sites excluding steroid dienone is 4. The van der Waals surface area contributed by atoms with Crippen molar-refractivity contribution in [3.63, 3.8) is 0 Å². The molecule has 1 aliphatic carbocycles. The third kappa shape index (κ3) is 3.62. The summed E-state index contributed by atoms with van der Waals surface area (Å²) < 4.78 is 29.6. The minimum Gasteiger partial charge on any atom is -0.290 e. The van der Waals surface area contributed by atoms with E-state index in [1.54, 1.807) is 19.1 Å². The van der Waals surface area contributed by atoms with E-state index in [4.69, 9.17) is 0 Å². The van der Waals surface area contributed by atoms with Gasteiger partial charge in [0, 0.05) is 4.47 Å². The lowest BCUT2D eigenvalue weighted by Crippen LogP contribution is -2.17. The molecular formula is C16H16BrNO3S. The number of hydrogen-bond acceptors (Lipinski definition) is 3. The highest BCUT2D eigenvalue weighted by Crippen LogP contribution is 2.23. The smallest absolute Gasteiger partial charge is 0.282 e. The van der Waals surface area contributed by atoms with Gasteiger partial charge in [-0.1, -0.05) is 29.8 Å². The Kier molecular flexibility index (Phi) is 4.82. The first-order valence-electron chi connectivity index (χ1n) is 6.76. The summed E-state index contributed by atoms with van der Waals surface area (Å²) in [7, 11) is -3.81.